The first-order valence-corrected chi connectivity index (χ1v) is 16.9. The van der Waals surface area contributed by atoms with E-state index in [0.29, 0.717) is 19.4 Å². The molecule has 276 valence electrons. The minimum Gasteiger partial charge on any atom is -0.393 e. The second-order valence-electron chi connectivity index (χ2n) is 13.5. The molecule has 0 heterocycles. The summed E-state index contributed by atoms with van der Waals surface area (Å²) in [6.07, 6.45) is -1.87. The van der Waals surface area contributed by atoms with Crippen LogP contribution in [0.4, 0.5) is 0 Å². The first-order valence-electron chi connectivity index (χ1n) is 16.9. The van der Waals surface area contributed by atoms with Crippen LogP contribution in [0.15, 0.2) is 24.3 Å². The van der Waals surface area contributed by atoms with Gasteiger partial charge >= 0.3 is 0 Å². The number of aliphatic hydroxyl groups is 9. The van der Waals surface area contributed by atoms with Crippen LogP contribution in [-0.4, -0.2) is 125 Å². The highest BCUT2D eigenvalue weighted by Gasteiger charge is 2.21. The molecule has 0 aromatic carbocycles. The molecule has 0 aliphatic heterocycles. The highest BCUT2D eigenvalue weighted by Crippen LogP contribution is 2.15. The van der Waals surface area contributed by atoms with Crippen LogP contribution in [0, 0.1) is 11.8 Å². The number of carbonyl (C=O) groups excluding carboxylic acids is 2. The Balaban J connectivity index is 4.24. The number of aliphatic hydroxyl groups excluding tert-OH is 9. The molecule has 0 aliphatic carbocycles. The van der Waals surface area contributed by atoms with Crippen molar-refractivity contribution in [3.8, 4) is 0 Å². The summed E-state index contributed by atoms with van der Waals surface area (Å²) in [5, 5.41) is 94.0. The monoisotopic (exact) mass is 676 g/mol. The molecule has 10 atom stereocenters. The number of Topliss-reactive ketones (excluding diaryl/α,β-unsaturated/α-hetero) is 1. The van der Waals surface area contributed by atoms with Crippen molar-refractivity contribution in [3.05, 3.63) is 24.3 Å². The lowest BCUT2D eigenvalue weighted by Gasteiger charge is -2.19. The molecule has 13 nitrogen and oxygen atoms in total. The van der Waals surface area contributed by atoms with Gasteiger partial charge in [-0.2, -0.15) is 0 Å². The Morgan fingerprint density at radius 2 is 1.04 bits per heavy atom. The van der Waals surface area contributed by atoms with E-state index in [0.717, 1.165) is 0 Å². The first-order chi connectivity index (χ1) is 21.9. The van der Waals surface area contributed by atoms with Gasteiger partial charge in [0, 0.05) is 31.7 Å². The van der Waals surface area contributed by atoms with Crippen molar-refractivity contribution in [1.29, 1.82) is 0 Å². The third kappa shape index (κ3) is 24.1. The van der Waals surface area contributed by atoms with Crippen molar-refractivity contribution in [2.45, 2.75) is 159 Å². The van der Waals surface area contributed by atoms with Gasteiger partial charge in [-0.1, -0.05) is 52.0 Å². The number of nitrogens with two attached hydrogens (primary N) is 1. The molecule has 0 saturated heterocycles. The number of amides is 1. The van der Waals surface area contributed by atoms with Crippen LogP contribution in [0.25, 0.3) is 0 Å². The van der Waals surface area contributed by atoms with Gasteiger partial charge in [0.25, 0.3) is 0 Å². The summed E-state index contributed by atoms with van der Waals surface area (Å²) >= 11 is 0. The number of nitrogens with one attached hydrogen (secondary N) is 1. The maximum absolute atomic E-state index is 11.8. The maximum atomic E-state index is 11.8. The molecular weight excluding hydrogens is 612 g/mol. The van der Waals surface area contributed by atoms with E-state index in [9.17, 15) is 55.5 Å². The number of carbonyl (C=O) groups is 2. The lowest BCUT2D eigenvalue weighted by Crippen LogP contribution is -2.44. The molecule has 0 radical (unpaired) electrons. The molecule has 0 saturated carbocycles. The minimum atomic E-state index is -1.05. The summed E-state index contributed by atoms with van der Waals surface area (Å²) in [7, 11) is 0. The summed E-state index contributed by atoms with van der Waals surface area (Å²) in [6, 6.07) is -0.583. The average molecular weight is 677 g/mol. The molecule has 12 N–H and O–H groups in total. The Morgan fingerprint density at radius 1 is 0.617 bits per heavy atom. The molecule has 0 aromatic heterocycles. The predicted molar refractivity (Wildman–Crippen MR) is 179 cm³/mol. The zero-order valence-electron chi connectivity index (χ0n) is 28.6. The quantitative estimate of drug-likeness (QED) is 0.0405. The van der Waals surface area contributed by atoms with Crippen molar-refractivity contribution in [2.75, 3.05) is 6.54 Å². The van der Waals surface area contributed by atoms with E-state index < -0.39 is 61.0 Å². The summed E-state index contributed by atoms with van der Waals surface area (Å²) in [4.78, 5) is 23.5. The number of hydrogen-bond donors (Lipinski definition) is 11. The van der Waals surface area contributed by atoms with Gasteiger partial charge in [0.2, 0.25) is 5.91 Å². The summed E-state index contributed by atoms with van der Waals surface area (Å²) in [5.74, 6) is -0.532. The molecule has 10 unspecified atom stereocenters. The minimum absolute atomic E-state index is 0.0238. The van der Waals surface area contributed by atoms with Crippen LogP contribution in [0.3, 0.4) is 0 Å². The van der Waals surface area contributed by atoms with Crippen LogP contribution in [0.1, 0.15) is 98.3 Å². The van der Waals surface area contributed by atoms with E-state index in [1.807, 2.05) is 13.8 Å². The first kappa shape index (κ1) is 45.2. The standard InChI is InChI=1S/C34H64N2O11/c1-21(2)32(46)20-31(45)19-30(44)17-26(40)11-6-10-25(39)16-29(43)18-28(42)15-24(38)9-5-8-23(37)14-27(41)12-7-13-36-34(47)33(35)22(3)4/h5-6,9,11,21-31,33,37-45H,7-8,10,12-20,35H2,1-4H3,(H,36,47). The average Bonchev–Trinajstić information content (AvgIpc) is 2.93. The third-order valence-corrected chi connectivity index (χ3v) is 7.85. The molecule has 13 heteroatoms. The number of hydrogen-bond acceptors (Lipinski definition) is 12. The normalized spacial score (nSPS) is 19.0. The van der Waals surface area contributed by atoms with E-state index in [1.165, 1.54) is 18.2 Å². The molecule has 0 rings (SSSR count). The largest absolute Gasteiger partial charge is 0.393 e. The summed E-state index contributed by atoms with van der Waals surface area (Å²) in [5.41, 5.74) is 5.78. The SMILES string of the molecule is CC(C)C(=O)CC(O)CC(O)CC(O)C=CCC(O)CC(O)CC(O)CC(O)C=CCC(O)CC(O)CCCNC(=O)C(N)C(C)C. The lowest BCUT2D eigenvalue weighted by atomic mass is 9.97. The van der Waals surface area contributed by atoms with Crippen LogP contribution in [-0.2, 0) is 9.59 Å². The molecular formula is C34H64N2O11. The Labute approximate surface area is 280 Å². The fourth-order valence-corrected chi connectivity index (χ4v) is 4.88. The molecule has 1 amide bonds. The topological polar surface area (TPSA) is 254 Å². The lowest BCUT2D eigenvalue weighted by molar-refractivity contribution is -0.124. The predicted octanol–water partition coefficient (Wildman–Crippen LogP) is -0.0374. The molecule has 0 spiro atoms. The van der Waals surface area contributed by atoms with Gasteiger partial charge in [-0.05, 0) is 57.3 Å². The Hall–Kier alpha value is -1.78. The van der Waals surface area contributed by atoms with Crippen LogP contribution in [0.2, 0.25) is 0 Å². The Bertz CT molecular complexity index is 901. The maximum Gasteiger partial charge on any atom is 0.237 e. The Morgan fingerprint density at radius 3 is 1.51 bits per heavy atom. The third-order valence-electron chi connectivity index (χ3n) is 7.85. The van der Waals surface area contributed by atoms with Crippen molar-refractivity contribution in [1.82, 2.24) is 5.32 Å². The fraction of sp³-hybridized carbons (Fsp3) is 0.824. The number of ketones is 1. The smallest absolute Gasteiger partial charge is 0.237 e. The molecule has 0 aromatic rings. The van der Waals surface area contributed by atoms with E-state index in [1.54, 1.807) is 19.9 Å². The van der Waals surface area contributed by atoms with Gasteiger partial charge < -0.3 is 57.0 Å². The fourth-order valence-electron chi connectivity index (χ4n) is 4.88. The van der Waals surface area contributed by atoms with Crippen molar-refractivity contribution >= 4 is 11.7 Å². The number of rotatable bonds is 27. The zero-order chi connectivity index (χ0) is 36.1. The van der Waals surface area contributed by atoms with Crippen molar-refractivity contribution < 1.29 is 55.5 Å². The van der Waals surface area contributed by atoms with Gasteiger partial charge in [0.05, 0.1) is 61.0 Å². The highest BCUT2D eigenvalue weighted by molar-refractivity contribution is 5.81. The van der Waals surface area contributed by atoms with E-state index >= 15 is 0 Å². The van der Waals surface area contributed by atoms with E-state index in [2.05, 4.69) is 5.32 Å². The van der Waals surface area contributed by atoms with Gasteiger partial charge in [0.15, 0.2) is 0 Å². The summed E-state index contributed by atoms with van der Waals surface area (Å²) in [6.45, 7) is 7.54. The summed E-state index contributed by atoms with van der Waals surface area (Å²) < 4.78 is 0. The van der Waals surface area contributed by atoms with Crippen LogP contribution < -0.4 is 11.1 Å². The van der Waals surface area contributed by atoms with Crippen molar-refractivity contribution in [2.24, 2.45) is 17.6 Å². The molecule has 0 aliphatic rings. The zero-order valence-corrected chi connectivity index (χ0v) is 28.6. The Kier molecular flexibility index (Phi) is 24.3. The molecule has 0 fully saturated rings. The van der Waals surface area contributed by atoms with Crippen molar-refractivity contribution in [3.63, 3.8) is 0 Å². The molecule has 0 bridgehead atoms. The van der Waals surface area contributed by atoms with Gasteiger partial charge in [-0.25, -0.2) is 0 Å². The highest BCUT2D eigenvalue weighted by atomic mass is 16.3. The van der Waals surface area contributed by atoms with Gasteiger partial charge in [-0.3, -0.25) is 9.59 Å². The second kappa shape index (κ2) is 25.2. The van der Waals surface area contributed by atoms with E-state index in [-0.39, 0.29) is 81.3 Å². The molecule has 47 heavy (non-hydrogen) atoms. The van der Waals surface area contributed by atoms with E-state index in [4.69, 9.17) is 5.73 Å². The second-order valence-corrected chi connectivity index (χ2v) is 13.5. The van der Waals surface area contributed by atoms with Gasteiger partial charge in [0.1, 0.15) is 5.78 Å². The van der Waals surface area contributed by atoms with Crippen LogP contribution in [0.5, 0.6) is 0 Å². The van der Waals surface area contributed by atoms with Gasteiger partial charge in [-0.15, -0.1) is 0 Å². The van der Waals surface area contributed by atoms with Crippen LogP contribution >= 0.6 is 0 Å².